The quantitative estimate of drug-likeness (QED) is 0.0889. The Labute approximate surface area is 263 Å². The van der Waals surface area contributed by atoms with Crippen molar-refractivity contribution in [3.63, 3.8) is 0 Å². The topological polar surface area (TPSA) is 12.9 Å². The molecule has 0 N–H and O–H groups in total. The predicted molar refractivity (Wildman–Crippen MR) is 191 cm³/mol. The molecule has 1 nitrogen and oxygen atoms in total. The van der Waals surface area contributed by atoms with Gasteiger partial charge in [-0.05, 0) is 133 Å². The second-order valence-electron chi connectivity index (χ2n) is 13.2. The van der Waals surface area contributed by atoms with E-state index in [1.165, 1.54) is 69.5 Å². The van der Waals surface area contributed by atoms with Crippen molar-refractivity contribution in [1.29, 1.82) is 0 Å². The van der Waals surface area contributed by atoms with Crippen LogP contribution in [-0.4, -0.2) is 4.98 Å². The molecule has 1 atom stereocenters. The maximum absolute atomic E-state index is 4.88. The summed E-state index contributed by atoms with van der Waals surface area (Å²) in [6.45, 7) is 25.8. The highest BCUT2D eigenvalue weighted by atomic mass is 14.7. The zero-order valence-electron chi connectivity index (χ0n) is 27.9. The first-order valence-corrected chi connectivity index (χ1v) is 16.4. The van der Waals surface area contributed by atoms with Crippen LogP contribution in [0, 0.1) is 12.3 Å². The van der Waals surface area contributed by atoms with Gasteiger partial charge < -0.3 is 0 Å². The van der Waals surface area contributed by atoms with Gasteiger partial charge in [0, 0.05) is 6.20 Å². The molecule has 3 aromatic rings. The molecule has 2 aromatic carbocycles. The summed E-state index contributed by atoms with van der Waals surface area (Å²) in [7, 11) is 0. The van der Waals surface area contributed by atoms with Crippen LogP contribution >= 0.6 is 0 Å². The molecule has 0 saturated heterocycles. The van der Waals surface area contributed by atoms with E-state index in [0.29, 0.717) is 5.92 Å². The molecule has 1 heterocycles. The normalized spacial score (nSPS) is 12.9. The Bertz CT molecular complexity index is 1420. The van der Waals surface area contributed by atoms with Gasteiger partial charge in [-0.25, -0.2) is 0 Å². The highest BCUT2D eigenvalue weighted by Gasteiger charge is 2.24. The molecule has 0 saturated carbocycles. The molecule has 0 amide bonds. The number of allylic oxidation sites excluding steroid dienone is 5. The summed E-state index contributed by atoms with van der Waals surface area (Å²) >= 11 is 0. The lowest BCUT2D eigenvalue weighted by Gasteiger charge is -2.29. The second kappa shape index (κ2) is 16.4. The Morgan fingerprint density at radius 1 is 0.953 bits per heavy atom. The van der Waals surface area contributed by atoms with Gasteiger partial charge in [-0.15, -0.1) is 6.58 Å². The van der Waals surface area contributed by atoms with Gasteiger partial charge in [0.25, 0.3) is 0 Å². The molecule has 0 radical (unpaired) electrons. The number of aryl methyl sites for hydroxylation is 2. The molecule has 0 spiro atoms. The Morgan fingerprint density at radius 2 is 1.72 bits per heavy atom. The third kappa shape index (κ3) is 9.78. The summed E-state index contributed by atoms with van der Waals surface area (Å²) in [6.07, 6.45) is 15.8. The molecule has 0 bridgehead atoms. The first kappa shape index (κ1) is 34.0. The number of unbranched alkanes of at least 4 members (excludes halogenated alkanes) is 2. The third-order valence-corrected chi connectivity index (χ3v) is 9.03. The number of nitrogens with zero attached hydrogens (tertiary/aromatic N) is 1. The number of benzene rings is 2. The fourth-order valence-electron chi connectivity index (χ4n) is 5.97. The first-order chi connectivity index (χ1) is 20.6. The molecule has 1 unspecified atom stereocenters. The highest BCUT2D eigenvalue weighted by Crippen LogP contribution is 2.42. The SMILES string of the molecule is C=CCCC(C)(C)C/C(=C(/C)c1cccnc1C(C)CC)c1cc(-c2cccc(CCCCCC(=C)C=C)c2)ccc1C. The maximum Gasteiger partial charge on any atom is 0.0506 e. The molecule has 0 aliphatic rings. The average molecular weight is 574 g/mol. The van der Waals surface area contributed by atoms with Crippen molar-refractivity contribution in [2.75, 3.05) is 0 Å². The largest absolute Gasteiger partial charge is 0.260 e. The second-order valence-corrected chi connectivity index (χ2v) is 13.2. The summed E-state index contributed by atoms with van der Waals surface area (Å²) < 4.78 is 0. The van der Waals surface area contributed by atoms with Gasteiger partial charge in [-0.2, -0.15) is 0 Å². The molecular formula is C42H55N. The number of rotatable bonds is 17. The summed E-state index contributed by atoms with van der Waals surface area (Å²) in [5.41, 5.74) is 13.2. The fourth-order valence-corrected chi connectivity index (χ4v) is 5.97. The molecule has 1 aromatic heterocycles. The van der Waals surface area contributed by atoms with E-state index in [1.54, 1.807) is 0 Å². The van der Waals surface area contributed by atoms with Gasteiger partial charge in [0.1, 0.15) is 0 Å². The van der Waals surface area contributed by atoms with Crippen molar-refractivity contribution in [3.05, 3.63) is 126 Å². The molecular weight excluding hydrogens is 518 g/mol. The van der Waals surface area contributed by atoms with Gasteiger partial charge in [-0.1, -0.05) is 107 Å². The minimum absolute atomic E-state index is 0.143. The molecule has 228 valence electrons. The first-order valence-electron chi connectivity index (χ1n) is 16.4. The molecule has 43 heavy (non-hydrogen) atoms. The van der Waals surface area contributed by atoms with E-state index >= 15 is 0 Å². The smallest absolute Gasteiger partial charge is 0.0506 e. The predicted octanol–water partition coefficient (Wildman–Crippen LogP) is 12.7. The van der Waals surface area contributed by atoms with Crippen molar-refractivity contribution in [2.24, 2.45) is 5.41 Å². The van der Waals surface area contributed by atoms with E-state index in [1.807, 2.05) is 12.3 Å². The lowest BCUT2D eigenvalue weighted by molar-refractivity contribution is 0.348. The molecule has 3 rings (SSSR count). The molecule has 0 fully saturated rings. The van der Waals surface area contributed by atoms with Gasteiger partial charge >= 0.3 is 0 Å². The number of pyridine rings is 1. The van der Waals surface area contributed by atoms with Crippen LogP contribution in [0.2, 0.25) is 0 Å². The number of aromatic nitrogens is 1. The zero-order chi connectivity index (χ0) is 31.4. The van der Waals surface area contributed by atoms with E-state index in [9.17, 15) is 0 Å². The van der Waals surface area contributed by atoms with Crippen LogP contribution in [-0.2, 0) is 6.42 Å². The fraction of sp³-hybridized carbons (Fsp3) is 0.405. The van der Waals surface area contributed by atoms with E-state index < -0.39 is 0 Å². The monoisotopic (exact) mass is 573 g/mol. The van der Waals surface area contributed by atoms with E-state index in [2.05, 4.69) is 122 Å². The summed E-state index contributed by atoms with van der Waals surface area (Å²) in [5, 5.41) is 0. The molecule has 1 heteroatoms. The Kier molecular flexibility index (Phi) is 13.0. The van der Waals surface area contributed by atoms with Crippen LogP contribution in [0.4, 0.5) is 0 Å². The van der Waals surface area contributed by atoms with Gasteiger partial charge in [0.05, 0.1) is 5.69 Å². The average Bonchev–Trinajstić information content (AvgIpc) is 3.02. The van der Waals surface area contributed by atoms with Gasteiger partial charge in [-0.3, -0.25) is 4.98 Å². The van der Waals surface area contributed by atoms with Crippen LogP contribution in [0.25, 0.3) is 22.3 Å². The summed E-state index contributed by atoms with van der Waals surface area (Å²) in [4.78, 5) is 4.88. The van der Waals surface area contributed by atoms with Crippen LogP contribution in [0.15, 0.2) is 98.3 Å². The minimum Gasteiger partial charge on any atom is -0.260 e. The van der Waals surface area contributed by atoms with Crippen LogP contribution < -0.4 is 0 Å². The maximum atomic E-state index is 4.88. The van der Waals surface area contributed by atoms with Gasteiger partial charge in [0.2, 0.25) is 0 Å². The molecule has 0 aliphatic carbocycles. The van der Waals surface area contributed by atoms with Crippen LogP contribution in [0.1, 0.15) is 120 Å². The lowest BCUT2D eigenvalue weighted by Crippen LogP contribution is -2.13. The highest BCUT2D eigenvalue weighted by molar-refractivity contribution is 5.92. The van der Waals surface area contributed by atoms with E-state index in [0.717, 1.165) is 44.1 Å². The van der Waals surface area contributed by atoms with Crippen molar-refractivity contribution >= 4 is 11.1 Å². The minimum atomic E-state index is 0.143. The summed E-state index contributed by atoms with van der Waals surface area (Å²) in [5.74, 6) is 0.414. The molecule has 0 aliphatic heterocycles. The van der Waals surface area contributed by atoms with Crippen molar-refractivity contribution in [3.8, 4) is 11.1 Å². The standard InChI is InChI=1S/C42H55N/c1-10-13-26-42(8,9)30-40(34(7)38-23-18-27-43-41(38)32(5)12-3)39-29-37(25-24-33(39)6)36-22-17-21-35(28-36)20-16-14-15-19-31(4)11-2/h10-11,17-18,21-25,27-29,32H,1-2,4,12-16,19-20,26,30H2,3,5-9H3/b40-34+. The van der Waals surface area contributed by atoms with Crippen molar-refractivity contribution < 1.29 is 0 Å². The summed E-state index contributed by atoms with van der Waals surface area (Å²) in [6, 6.07) is 20.6. The van der Waals surface area contributed by atoms with E-state index in [-0.39, 0.29) is 5.41 Å². The van der Waals surface area contributed by atoms with Crippen molar-refractivity contribution in [2.45, 2.75) is 105 Å². The number of hydrogen-bond acceptors (Lipinski definition) is 1. The van der Waals surface area contributed by atoms with Crippen LogP contribution in [0.5, 0.6) is 0 Å². The zero-order valence-corrected chi connectivity index (χ0v) is 27.9. The Hall–Kier alpha value is -3.45. The Morgan fingerprint density at radius 3 is 2.44 bits per heavy atom. The third-order valence-electron chi connectivity index (χ3n) is 9.03. The Balaban J connectivity index is 2.03. The van der Waals surface area contributed by atoms with Gasteiger partial charge in [0.15, 0.2) is 0 Å². The van der Waals surface area contributed by atoms with E-state index in [4.69, 9.17) is 4.98 Å². The van der Waals surface area contributed by atoms with Crippen LogP contribution in [0.3, 0.4) is 0 Å². The lowest BCUT2D eigenvalue weighted by atomic mass is 9.76. The van der Waals surface area contributed by atoms with Crippen molar-refractivity contribution in [1.82, 2.24) is 4.98 Å². The number of hydrogen-bond donors (Lipinski definition) is 0.